The van der Waals surface area contributed by atoms with E-state index in [2.05, 4.69) is 0 Å². The van der Waals surface area contributed by atoms with E-state index >= 15 is 0 Å². The highest BCUT2D eigenvalue weighted by atomic mass is 16.5. The summed E-state index contributed by atoms with van der Waals surface area (Å²) in [6.45, 7) is 0.638. The predicted molar refractivity (Wildman–Crippen MR) is 46.8 cm³/mol. The summed E-state index contributed by atoms with van der Waals surface area (Å²) in [5.74, 6) is 0. The Balaban J connectivity index is 2.75. The molecule has 0 fully saturated rings. The van der Waals surface area contributed by atoms with Crippen molar-refractivity contribution in [1.82, 2.24) is 0 Å². The molecule has 0 bridgehead atoms. The lowest BCUT2D eigenvalue weighted by atomic mass is 10.1. The van der Waals surface area contributed by atoms with Gasteiger partial charge in [-0.15, -0.1) is 0 Å². The summed E-state index contributed by atoms with van der Waals surface area (Å²) in [6, 6.07) is 7.42. The van der Waals surface area contributed by atoms with Gasteiger partial charge in [-0.1, -0.05) is 24.3 Å². The van der Waals surface area contributed by atoms with Gasteiger partial charge in [0.1, 0.15) is 0 Å². The molecule has 0 aromatic heterocycles. The summed E-state index contributed by atoms with van der Waals surface area (Å²) >= 11 is 0. The predicted octanol–water partition coefficient (Wildman–Crippen LogP) is 1.33. The third kappa shape index (κ3) is 2.17. The third-order valence-electron chi connectivity index (χ3n) is 1.70. The summed E-state index contributed by atoms with van der Waals surface area (Å²) in [5.41, 5.74) is 1.63. The van der Waals surface area contributed by atoms with Crippen molar-refractivity contribution in [2.24, 2.45) is 0 Å². The zero-order chi connectivity index (χ0) is 8.81. The molecular weight excluding hydrogens is 152 g/mol. The largest absolute Gasteiger partial charge is 0.384 e. The van der Waals surface area contributed by atoms with Crippen molar-refractivity contribution >= 4 is 6.29 Å². The van der Waals surface area contributed by atoms with E-state index in [0.717, 1.165) is 12.0 Å². The SMILES string of the molecule is COCCc1ccccc1[C]=O. The molecule has 1 rings (SSSR count). The van der Waals surface area contributed by atoms with E-state index in [9.17, 15) is 4.79 Å². The van der Waals surface area contributed by atoms with Crippen molar-refractivity contribution in [1.29, 1.82) is 0 Å². The van der Waals surface area contributed by atoms with Gasteiger partial charge in [-0.2, -0.15) is 0 Å². The number of benzene rings is 1. The molecule has 0 amide bonds. The van der Waals surface area contributed by atoms with Gasteiger partial charge >= 0.3 is 0 Å². The molecule has 0 aliphatic heterocycles. The fraction of sp³-hybridized carbons (Fsp3) is 0.300. The minimum absolute atomic E-state index is 0.634. The van der Waals surface area contributed by atoms with E-state index in [0.29, 0.717) is 12.2 Å². The molecule has 2 heteroatoms. The van der Waals surface area contributed by atoms with Crippen LogP contribution in [0.1, 0.15) is 11.1 Å². The number of ether oxygens (including phenoxy) is 1. The van der Waals surface area contributed by atoms with Crippen molar-refractivity contribution in [3.8, 4) is 0 Å². The second-order valence-corrected chi connectivity index (χ2v) is 2.50. The fourth-order valence-corrected chi connectivity index (χ4v) is 1.05. The van der Waals surface area contributed by atoms with E-state index in [4.69, 9.17) is 4.74 Å². The number of hydrogen-bond donors (Lipinski definition) is 0. The topological polar surface area (TPSA) is 26.3 Å². The number of rotatable bonds is 4. The van der Waals surface area contributed by atoms with Gasteiger partial charge in [0.25, 0.3) is 0 Å². The molecule has 0 saturated heterocycles. The average Bonchev–Trinajstić information content (AvgIpc) is 2.15. The van der Waals surface area contributed by atoms with Crippen LogP contribution in [0.4, 0.5) is 0 Å². The van der Waals surface area contributed by atoms with Gasteiger partial charge in [0.05, 0.1) is 6.61 Å². The molecule has 0 saturated carbocycles. The molecule has 0 aliphatic rings. The van der Waals surface area contributed by atoms with Crippen LogP contribution >= 0.6 is 0 Å². The van der Waals surface area contributed by atoms with Crippen LogP contribution in [0.5, 0.6) is 0 Å². The lowest BCUT2D eigenvalue weighted by Gasteiger charge is -2.01. The van der Waals surface area contributed by atoms with Gasteiger partial charge in [0.2, 0.25) is 6.29 Å². The van der Waals surface area contributed by atoms with Crippen LogP contribution in [0.15, 0.2) is 24.3 Å². The van der Waals surface area contributed by atoms with Gasteiger partial charge in [-0.05, 0) is 12.0 Å². The van der Waals surface area contributed by atoms with Gasteiger partial charge in [-0.3, -0.25) is 4.79 Å². The molecule has 1 aromatic carbocycles. The molecule has 0 atom stereocenters. The maximum atomic E-state index is 10.4. The average molecular weight is 163 g/mol. The molecule has 0 aliphatic carbocycles. The van der Waals surface area contributed by atoms with Gasteiger partial charge in [0.15, 0.2) is 0 Å². The van der Waals surface area contributed by atoms with Crippen molar-refractivity contribution in [2.45, 2.75) is 6.42 Å². The normalized spacial score (nSPS) is 9.75. The Labute approximate surface area is 72.2 Å². The number of carbonyl (C=O) groups excluding carboxylic acids is 1. The molecule has 0 spiro atoms. The summed E-state index contributed by atoms with van der Waals surface area (Å²) < 4.78 is 4.92. The Hall–Kier alpha value is -1.15. The first-order valence-electron chi connectivity index (χ1n) is 3.83. The fourth-order valence-electron chi connectivity index (χ4n) is 1.05. The lowest BCUT2D eigenvalue weighted by molar-refractivity contribution is 0.202. The monoisotopic (exact) mass is 163 g/mol. The highest BCUT2D eigenvalue weighted by molar-refractivity contribution is 5.77. The first-order chi connectivity index (χ1) is 5.88. The van der Waals surface area contributed by atoms with Crippen molar-refractivity contribution in [3.05, 3.63) is 35.4 Å². The minimum Gasteiger partial charge on any atom is -0.384 e. The Morgan fingerprint density at radius 1 is 1.42 bits per heavy atom. The molecule has 0 unspecified atom stereocenters. The van der Waals surface area contributed by atoms with E-state index in [1.807, 2.05) is 24.5 Å². The van der Waals surface area contributed by atoms with Crippen LogP contribution in [-0.2, 0) is 16.0 Å². The van der Waals surface area contributed by atoms with Crippen LogP contribution in [0.3, 0.4) is 0 Å². The zero-order valence-corrected chi connectivity index (χ0v) is 7.04. The van der Waals surface area contributed by atoms with Crippen LogP contribution in [0, 0.1) is 0 Å². The Morgan fingerprint density at radius 3 is 2.83 bits per heavy atom. The Kier molecular flexibility index (Phi) is 3.48. The summed E-state index contributed by atoms with van der Waals surface area (Å²) in [5, 5.41) is 0. The molecule has 0 heterocycles. The van der Waals surface area contributed by atoms with Gasteiger partial charge < -0.3 is 4.74 Å². The quantitative estimate of drug-likeness (QED) is 0.669. The molecule has 1 radical (unpaired) electrons. The standard InChI is InChI=1S/C10H11O2/c1-12-7-6-9-4-2-3-5-10(9)8-11/h2-5H,6-7H2,1H3. The van der Waals surface area contributed by atoms with Crippen molar-refractivity contribution in [2.75, 3.05) is 13.7 Å². The van der Waals surface area contributed by atoms with Crippen LogP contribution in [0.25, 0.3) is 0 Å². The van der Waals surface area contributed by atoms with E-state index in [1.54, 1.807) is 13.2 Å². The van der Waals surface area contributed by atoms with Crippen LogP contribution < -0.4 is 0 Å². The zero-order valence-electron chi connectivity index (χ0n) is 7.04. The van der Waals surface area contributed by atoms with Gasteiger partial charge in [0, 0.05) is 12.7 Å². The second-order valence-electron chi connectivity index (χ2n) is 2.50. The summed E-state index contributed by atoms with van der Waals surface area (Å²) in [6.07, 6.45) is 2.66. The molecule has 2 nitrogen and oxygen atoms in total. The third-order valence-corrected chi connectivity index (χ3v) is 1.70. The highest BCUT2D eigenvalue weighted by Gasteiger charge is 1.99. The molecule has 12 heavy (non-hydrogen) atoms. The minimum atomic E-state index is 0.634. The highest BCUT2D eigenvalue weighted by Crippen LogP contribution is 2.06. The van der Waals surface area contributed by atoms with Crippen LogP contribution in [-0.4, -0.2) is 20.0 Å². The van der Waals surface area contributed by atoms with Crippen molar-refractivity contribution < 1.29 is 9.53 Å². The van der Waals surface area contributed by atoms with E-state index in [1.165, 1.54) is 0 Å². The van der Waals surface area contributed by atoms with E-state index in [-0.39, 0.29) is 0 Å². The number of hydrogen-bond acceptors (Lipinski definition) is 2. The first-order valence-corrected chi connectivity index (χ1v) is 3.83. The second kappa shape index (κ2) is 4.67. The summed E-state index contributed by atoms with van der Waals surface area (Å²) in [4.78, 5) is 10.4. The Morgan fingerprint density at radius 2 is 2.17 bits per heavy atom. The van der Waals surface area contributed by atoms with Crippen LogP contribution in [0.2, 0.25) is 0 Å². The smallest absolute Gasteiger partial charge is 0.233 e. The maximum absolute atomic E-state index is 10.4. The maximum Gasteiger partial charge on any atom is 0.233 e. The molecule has 1 aromatic rings. The van der Waals surface area contributed by atoms with Gasteiger partial charge in [-0.25, -0.2) is 0 Å². The molecular formula is C10H11O2. The number of methoxy groups -OCH3 is 1. The Bertz CT molecular complexity index is 256. The van der Waals surface area contributed by atoms with Crippen molar-refractivity contribution in [3.63, 3.8) is 0 Å². The summed E-state index contributed by atoms with van der Waals surface area (Å²) in [7, 11) is 1.65. The molecule has 0 N–H and O–H groups in total. The first kappa shape index (κ1) is 8.94. The lowest BCUT2D eigenvalue weighted by Crippen LogP contribution is -1.98. The van der Waals surface area contributed by atoms with E-state index < -0.39 is 0 Å². The molecule has 63 valence electrons.